The van der Waals surface area contributed by atoms with Gasteiger partial charge in [-0.25, -0.2) is 9.82 Å². The first kappa shape index (κ1) is 25.8. The maximum atomic E-state index is 12.9. The van der Waals surface area contributed by atoms with Crippen molar-refractivity contribution in [1.82, 2.24) is 5.43 Å². The number of nitro groups is 1. The van der Waals surface area contributed by atoms with E-state index in [4.69, 9.17) is 9.47 Å². The van der Waals surface area contributed by atoms with E-state index in [1.165, 1.54) is 49.7 Å². The summed E-state index contributed by atoms with van der Waals surface area (Å²) in [7, 11) is 1.49. The summed E-state index contributed by atoms with van der Waals surface area (Å²) in [6, 6.07) is 16.4. The van der Waals surface area contributed by atoms with Crippen LogP contribution in [-0.4, -0.2) is 30.1 Å². The van der Waals surface area contributed by atoms with Crippen molar-refractivity contribution >= 4 is 29.4 Å². The van der Waals surface area contributed by atoms with Gasteiger partial charge in [0.05, 0.1) is 18.2 Å². The van der Waals surface area contributed by atoms with Gasteiger partial charge in [-0.05, 0) is 65.7 Å². The summed E-state index contributed by atoms with van der Waals surface area (Å²) in [6.07, 6.45) is 1.26. The van der Waals surface area contributed by atoms with Crippen LogP contribution in [0.5, 0.6) is 11.5 Å². The summed E-state index contributed by atoms with van der Waals surface area (Å²) in [5.41, 5.74) is 4.13. The molecule has 10 nitrogen and oxygen atoms in total. The van der Waals surface area contributed by atoms with Gasteiger partial charge in [-0.1, -0.05) is 0 Å². The molecule has 0 unspecified atom stereocenters. The third-order valence-corrected chi connectivity index (χ3v) is 4.84. The Kier molecular flexibility index (Phi) is 9.04. The van der Waals surface area contributed by atoms with Crippen molar-refractivity contribution in [3.05, 3.63) is 93.8 Å². The Morgan fingerprint density at radius 3 is 2.36 bits per heavy atom. The highest BCUT2D eigenvalue weighted by Crippen LogP contribution is 2.28. The van der Waals surface area contributed by atoms with Crippen molar-refractivity contribution in [2.24, 2.45) is 5.10 Å². The molecule has 2 N–H and O–H groups in total. The molecule has 0 aliphatic heterocycles. The van der Waals surface area contributed by atoms with Crippen LogP contribution in [0.15, 0.2) is 71.8 Å². The van der Waals surface area contributed by atoms with Crippen molar-refractivity contribution in [2.45, 2.75) is 19.4 Å². The number of carbonyl (C=O) groups excluding carboxylic acids is 2. The third-order valence-electron chi connectivity index (χ3n) is 4.84. The van der Waals surface area contributed by atoms with Crippen LogP contribution >= 0.6 is 0 Å². The molecule has 0 spiro atoms. The van der Waals surface area contributed by atoms with Gasteiger partial charge in [0.2, 0.25) is 11.8 Å². The second-order valence-corrected chi connectivity index (χ2v) is 7.47. The zero-order chi connectivity index (χ0) is 25.9. The maximum absolute atomic E-state index is 12.9. The van der Waals surface area contributed by atoms with E-state index in [0.717, 1.165) is 5.56 Å². The molecule has 3 aromatic carbocycles. The number of rotatable bonds is 11. The number of non-ortho nitro benzene ring substituents is 1. The average molecular weight is 494 g/mol. The lowest BCUT2D eigenvalue weighted by Crippen LogP contribution is -2.20. The standard InChI is InChI=1S/C25H23FN4O6/c1-35-22-11-4-18(14-23(22)36-16-17-2-9-21(10-3-17)30(33)34)15-27-29-25(32)13-12-24(31)28-20-7-5-19(26)6-8-20/h2-11,14-15H,12-13,16H2,1H3,(H,28,31)(H,29,32)/b27-15+. The first-order valence-corrected chi connectivity index (χ1v) is 10.8. The fourth-order valence-electron chi connectivity index (χ4n) is 2.98. The number of hydrogen-bond donors (Lipinski definition) is 2. The van der Waals surface area contributed by atoms with Crippen molar-refractivity contribution in [2.75, 3.05) is 12.4 Å². The van der Waals surface area contributed by atoms with Crippen LogP contribution in [0.1, 0.15) is 24.0 Å². The number of amides is 2. The van der Waals surface area contributed by atoms with E-state index in [1.807, 2.05) is 0 Å². The molecule has 0 bridgehead atoms. The van der Waals surface area contributed by atoms with Gasteiger partial charge in [0.25, 0.3) is 5.69 Å². The molecule has 3 aromatic rings. The predicted molar refractivity (Wildman–Crippen MR) is 130 cm³/mol. The lowest BCUT2D eigenvalue weighted by atomic mass is 10.2. The average Bonchev–Trinajstić information content (AvgIpc) is 2.88. The van der Waals surface area contributed by atoms with Crippen LogP contribution in [0.2, 0.25) is 0 Å². The topological polar surface area (TPSA) is 132 Å². The van der Waals surface area contributed by atoms with Crippen LogP contribution in [0, 0.1) is 15.9 Å². The molecule has 0 heterocycles. The van der Waals surface area contributed by atoms with Gasteiger partial charge >= 0.3 is 0 Å². The van der Waals surface area contributed by atoms with E-state index in [9.17, 15) is 24.1 Å². The van der Waals surface area contributed by atoms with Crippen molar-refractivity contribution in [3.8, 4) is 11.5 Å². The lowest BCUT2D eigenvalue weighted by molar-refractivity contribution is -0.384. The lowest BCUT2D eigenvalue weighted by Gasteiger charge is -2.11. The molecule has 0 radical (unpaired) electrons. The number of hydrazone groups is 1. The maximum Gasteiger partial charge on any atom is 0.269 e. The van der Waals surface area contributed by atoms with Crippen LogP contribution in [0.25, 0.3) is 0 Å². The second-order valence-electron chi connectivity index (χ2n) is 7.47. The minimum Gasteiger partial charge on any atom is -0.493 e. The molecule has 3 rings (SSSR count). The molecular weight excluding hydrogens is 471 g/mol. The zero-order valence-corrected chi connectivity index (χ0v) is 19.3. The largest absolute Gasteiger partial charge is 0.493 e. The number of ether oxygens (including phenoxy) is 2. The summed E-state index contributed by atoms with van der Waals surface area (Å²) in [6.45, 7) is 0.158. The number of nitrogens with one attached hydrogen (secondary N) is 2. The molecule has 0 saturated heterocycles. The van der Waals surface area contributed by atoms with Gasteiger partial charge in [-0.2, -0.15) is 5.10 Å². The van der Waals surface area contributed by atoms with Gasteiger partial charge in [0, 0.05) is 30.7 Å². The molecule has 0 aliphatic rings. The van der Waals surface area contributed by atoms with Gasteiger partial charge in [0.15, 0.2) is 11.5 Å². The molecular formula is C25H23FN4O6. The number of benzene rings is 3. The number of nitro benzene ring substituents is 1. The molecule has 36 heavy (non-hydrogen) atoms. The normalized spacial score (nSPS) is 10.6. The first-order chi connectivity index (χ1) is 17.3. The highest BCUT2D eigenvalue weighted by atomic mass is 19.1. The molecule has 186 valence electrons. The van der Waals surface area contributed by atoms with Gasteiger partial charge in [-0.3, -0.25) is 19.7 Å². The highest BCUT2D eigenvalue weighted by molar-refractivity contribution is 5.93. The van der Waals surface area contributed by atoms with Gasteiger partial charge in [0.1, 0.15) is 12.4 Å². The van der Waals surface area contributed by atoms with Gasteiger partial charge in [-0.15, -0.1) is 0 Å². The van der Waals surface area contributed by atoms with E-state index in [2.05, 4.69) is 15.8 Å². The monoisotopic (exact) mass is 494 g/mol. The number of anilines is 1. The highest BCUT2D eigenvalue weighted by Gasteiger charge is 2.09. The first-order valence-electron chi connectivity index (χ1n) is 10.8. The van der Waals surface area contributed by atoms with E-state index in [1.54, 1.807) is 30.3 Å². The Hall–Kier alpha value is -4.80. The van der Waals surface area contributed by atoms with Gasteiger partial charge < -0.3 is 14.8 Å². The molecule has 11 heteroatoms. The number of methoxy groups -OCH3 is 1. The number of hydrogen-bond acceptors (Lipinski definition) is 7. The molecule has 2 amide bonds. The minimum atomic E-state index is -0.474. The van der Waals surface area contributed by atoms with Crippen LogP contribution in [0.4, 0.5) is 15.8 Å². The number of nitrogens with zero attached hydrogens (tertiary/aromatic N) is 2. The summed E-state index contributed by atoms with van der Waals surface area (Å²) in [5.74, 6) is -0.353. The number of halogens is 1. The number of carbonyl (C=O) groups is 2. The molecule has 0 fully saturated rings. The van der Waals surface area contributed by atoms with Crippen LogP contribution in [0.3, 0.4) is 0 Å². The Morgan fingerprint density at radius 2 is 1.69 bits per heavy atom. The second kappa shape index (κ2) is 12.6. The SMILES string of the molecule is COc1ccc(/C=N/NC(=O)CCC(=O)Nc2ccc(F)cc2)cc1OCc1ccc([N+](=O)[O-])cc1. The Morgan fingerprint density at radius 1 is 1.00 bits per heavy atom. The Balaban J connectivity index is 1.49. The predicted octanol–water partition coefficient (Wildman–Crippen LogP) is 4.19. The van der Waals surface area contributed by atoms with Crippen LogP contribution < -0.4 is 20.2 Å². The molecule has 0 atom stereocenters. The summed E-state index contributed by atoms with van der Waals surface area (Å²) >= 11 is 0. The third kappa shape index (κ3) is 7.90. The Bertz CT molecular complexity index is 1250. The summed E-state index contributed by atoms with van der Waals surface area (Å²) in [5, 5.41) is 17.2. The van der Waals surface area contributed by atoms with Crippen molar-refractivity contribution in [3.63, 3.8) is 0 Å². The Labute approximate surface area is 205 Å². The zero-order valence-electron chi connectivity index (χ0n) is 19.3. The van der Waals surface area contributed by atoms with Crippen molar-refractivity contribution < 1.29 is 28.4 Å². The summed E-state index contributed by atoms with van der Waals surface area (Å²) < 4.78 is 24.0. The van der Waals surface area contributed by atoms with E-state index in [0.29, 0.717) is 22.7 Å². The molecule has 0 saturated carbocycles. The van der Waals surface area contributed by atoms with Crippen molar-refractivity contribution in [1.29, 1.82) is 0 Å². The fraction of sp³-hybridized carbons (Fsp3) is 0.160. The van der Waals surface area contributed by atoms with E-state index >= 15 is 0 Å². The molecule has 0 aliphatic carbocycles. The fourth-order valence-corrected chi connectivity index (χ4v) is 2.98. The van der Waals surface area contributed by atoms with E-state index in [-0.39, 0.29) is 31.0 Å². The minimum absolute atomic E-state index is 0.00917. The van der Waals surface area contributed by atoms with Crippen LogP contribution in [-0.2, 0) is 16.2 Å². The summed E-state index contributed by atoms with van der Waals surface area (Å²) in [4.78, 5) is 34.2. The quantitative estimate of drug-likeness (QED) is 0.233. The molecule has 0 aromatic heterocycles. The smallest absolute Gasteiger partial charge is 0.269 e. The van der Waals surface area contributed by atoms with E-state index < -0.39 is 16.6 Å².